The monoisotopic (exact) mass is 278 g/mol. The van der Waals surface area contributed by atoms with E-state index in [4.69, 9.17) is 4.42 Å². The molecule has 1 aromatic heterocycles. The first kappa shape index (κ1) is 13.9. The molecule has 21 heavy (non-hydrogen) atoms. The summed E-state index contributed by atoms with van der Waals surface area (Å²) in [6.07, 6.45) is 3.88. The van der Waals surface area contributed by atoms with E-state index < -0.39 is 0 Å². The standard InChI is InChI=1S/C20H22O/c1-4-15-7-5-8-16(13-15)14-20(2,3)18-10-6-9-17-11-12-21-19(17)18/h5-13H,4,14H2,1-3H3. The van der Waals surface area contributed by atoms with Gasteiger partial charge >= 0.3 is 0 Å². The lowest BCUT2D eigenvalue weighted by atomic mass is 9.78. The Morgan fingerprint density at radius 1 is 0.952 bits per heavy atom. The molecule has 0 aliphatic carbocycles. The lowest BCUT2D eigenvalue weighted by molar-refractivity contribution is 0.510. The molecule has 0 aliphatic rings. The van der Waals surface area contributed by atoms with Crippen LogP contribution in [-0.2, 0) is 18.3 Å². The van der Waals surface area contributed by atoms with Crippen LogP contribution in [0.15, 0.2) is 59.2 Å². The van der Waals surface area contributed by atoms with Crippen LogP contribution in [0.1, 0.15) is 37.5 Å². The van der Waals surface area contributed by atoms with Crippen LogP contribution in [0.25, 0.3) is 11.0 Å². The molecule has 0 radical (unpaired) electrons. The Bertz CT molecular complexity index is 749. The first-order valence-electron chi connectivity index (χ1n) is 7.64. The number of aryl methyl sites for hydroxylation is 1. The van der Waals surface area contributed by atoms with Gasteiger partial charge in [0.2, 0.25) is 0 Å². The number of para-hydroxylation sites is 1. The van der Waals surface area contributed by atoms with Crippen molar-refractivity contribution in [3.8, 4) is 0 Å². The van der Waals surface area contributed by atoms with Gasteiger partial charge in [0, 0.05) is 10.9 Å². The molecule has 0 atom stereocenters. The minimum Gasteiger partial charge on any atom is -0.464 e. The number of benzene rings is 2. The summed E-state index contributed by atoms with van der Waals surface area (Å²) in [5.74, 6) is 0. The molecule has 0 spiro atoms. The van der Waals surface area contributed by atoms with Crippen molar-refractivity contribution in [2.75, 3.05) is 0 Å². The molecule has 0 saturated carbocycles. The largest absolute Gasteiger partial charge is 0.464 e. The van der Waals surface area contributed by atoms with Gasteiger partial charge in [-0.3, -0.25) is 0 Å². The van der Waals surface area contributed by atoms with Crippen molar-refractivity contribution in [1.29, 1.82) is 0 Å². The molecular weight excluding hydrogens is 256 g/mol. The molecule has 0 N–H and O–H groups in total. The smallest absolute Gasteiger partial charge is 0.137 e. The molecule has 3 rings (SSSR count). The van der Waals surface area contributed by atoms with E-state index in [0.717, 1.165) is 18.4 Å². The van der Waals surface area contributed by atoms with Gasteiger partial charge in [-0.25, -0.2) is 0 Å². The second-order valence-electron chi connectivity index (χ2n) is 6.38. The molecule has 1 heteroatoms. The summed E-state index contributed by atoms with van der Waals surface area (Å²) in [7, 11) is 0. The molecule has 2 aromatic carbocycles. The van der Waals surface area contributed by atoms with Gasteiger partial charge in [0.05, 0.1) is 6.26 Å². The first-order valence-corrected chi connectivity index (χ1v) is 7.64. The van der Waals surface area contributed by atoms with Crippen LogP contribution in [0.3, 0.4) is 0 Å². The van der Waals surface area contributed by atoms with Crippen molar-refractivity contribution in [3.05, 3.63) is 71.5 Å². The normalized spacial score (nSPS) is 12.0. The zero-order valence-corrected chi connectivity index (χ0v) is 13.0. The van der Waals surface area contributed by atoms with Gasteiger partial charge in [0.1, 0.15) is 5.58 Å². The van der Waals surface area contributed by atoms with Crippen LogP contribution in [0.2, 0.25) is 0 Å². The van der Waals surface area contributed by atoms with Crippen LogP contribution in [-0.4, -0.2) is 0 Å². The Morgan fingerprint density at radius 3 is 2.52 bits per heavy atom. The fraction of sp³-hybridized carbons (Fsp3) is 0.300. The van der Waals surface area contributed by atoms with E-state index in [0.29, 0.717) is 0 Å². The van der Waals surface area contributed by atoms with E-state index in [1.807, 2.05) is 6.07 Å². The Balaban J connectivity index is 1.98. The third kappa shape index (κ3) is 2.73. The predicted octanol–water partition coefficient (Wildman–Crippen LogP) is 5.52. The minimum atomic E-state index is 0.0454. The van der Waals surface area contributed by atoms with Gasteiger partial charge in [0.25, 0.3) is 0 Å². The van der Waals surface area contributed by atoms with Gasteiger partial charge in [-0.15, -0.1) is 0 Å². The van der Waals surface area contributed by atoms with Crippen LogP contribution in [0.4, 0.5) is 0 Å². The molecule has 108 valence electrons. The van der Waals surface area contributed by atoms with Crippen molar-refractivity contribution in [3.63, 3.8) is 0 Å². The van der Waals surface area contributed by atoms with E-state index >= 15 is 0 Å². The molecule has 1 heterocycles. The SMILES string of the molecule is CCc1cccc(CC(C)(C)c2cccc3ccoc23)c1. The van der Waals surface area contributed by atoms with Crippen LogP contribution in [0, 0.1) is 0 Å². The molecule has 0 fully saturated rings. The molecule has 0 amide bonds. The number of hydrogen-bond donors (Lipinski definition) is 0. The van der Waals surface area contributed by atoms with Crippen molar-refractivity contribution in [1.82, 2.24) is 0 Å². The molecule has 0 saturated heterocycles. The Kier molecular flexibility index (Phi) is 3.59. The molecule has 0 bridgehead atoms. The number of fused-ring (bicyclic) bond motifs is 1. The van der Waals surface area contributed by atoms with Gasteiger partial charge in [-0.1, -0.05) is 63.2 Å². The third-order valence-electron chi connectivity index (χ3n) is 4.25. The zero-order valence-electron chi connectivity index (χ0n) is 13.0. The van der Waals surface area contributed by atoms with Crippen LogP contribution < -0.4 is 0 Å². The van der Waals surface area contributed by atoms with Crippen molar-refractivity contribution >= 4 is 11.0 Å². The van der Waals surface area contributed by atoms with Gasteiger partial charge in [-0.05, 0) is 35.4 Å². The zero-order chi connectivity index (χ0) is 14.9. The quantitative estimate of drug-likeness (QED) is 0.613. The molecule has 3 aromatic rings. The lowest BCUT2D eigenvalue weighted by Gasteiger charge is -2.26. The Labute approximate surface area is 126 Å². The summed E-state index contributed by atoms with van der Waals surface area (Å²) in [4.78, 5) is 0. The summed E-state index contributed by atoms with van der Waals surface area (Å²) >= 11 is 0. The molecule has 0 unspecified atom stereocenters. The van der Waals surface area contributed by atoms with E-state index in [1.54, 1.807) is 6.26 Å². The minimum absolute atomic E-state index is 0.0454. The number of rotatable bonds is 4. The highest BCUT2D eigenvalue weighted by Crippen LogP contribution is 2.33. The highest BCUT2D eigenvalue weighted by molar-refractivity contribution is 5.81. The third-order valence-corrected chi connectivity index (χ3v) is 4.25. The van der Waals surface area contributed by atoms with Crippen LogP contribution in [0.5, 0.6) is 0 Å². The highest BCUT2D eigenvalue weighted by Gasteiger charge is 2.24. The second-order valence-corrected chi connectivity index (χ2v) is 6.38. The maximum absolute atomic E-state index is 5.72. The fourth-order valence-electron chi connectivity index (χ4n) is 3.09. The van der Waals surface area contributed by atoms with Gasteiger partial charge in [-0.2, -0.15) is 0 Å². The van der Waals surface area contributed by atoms with Gasteiger partial charge in [0.15, 0.2) is 0 Å². The van der Waals surface area contributed by atoms with Crippen molar-refractivity contribution < 1.29 is 4.42 Å². The van der Waals surface area contributed by atoms with Crippen molar-refractivity contribution in [2.45, 2.75) is 39.0 Å². The summed E-state index contributed by atoms with van der Waals surface area (Å²) in [6, 6.07) is 17.4. The average Bonchev–Trinajstić information content (AvgIpc) is 2.95. The van der Waals surface area contributed by atoms with Gasteiger partial charge < -0.3 is 4.42 Å². The van der Waals surface area contributed by atoms with E-state index in [-0.39, 0.29) is 5.41 Å². The average molecular weight is 278 g/mol. The Morgan fingerprint density at radius 2 is 1.71 bits per heavy atom. The molecular formula is C20H22O. The Hall–Kier alpha value is -2.02. The maximum Gasteiger partial charge on any atom is 0.137 e. The summed E-state index contributed by atoms with van der Waals surface area (Å²) in [6.45, 7) is 6.79. The van der Waals surface area contributed by atoms with Crippen LogP contribution >= 0.6 is 0 Å². The number of hydrogen-bond acceptors (Lipinski definition) is 1. The lowest BCUT2D eigenvalue weighted by Crippen LogP contribution is -2.20. The van der Waals surface area contributed by atoms with E-state index in [2.05, 4.69) is 63.2 Å². The summed E-state index contributed by atoms with van der Waals surface area (Å²) in [5.41, 5.74) is 5.15. The van der Waals surface area contributed by atoms with E-state index in [9.17, 15) is 0 Å². The summed E-state index contributed by atoms with van der Waals surface area (Å²) < 4.78 is 5.72. The first-order chi connectivity index (χ1) is 10.1. The highest BCUT2D eigenvalue weighted by atomic mass is 16.3. The molecule has 0 aliphatic heterocycles. The van der Waals surface area contributed by atoms with E-state index in [1.165, 1.54) is 22.1 Å². The topological polar surface area (TPSA) is 13.1 Å². The predicted molar refractivity (Wildman–Crippen MR) is 88.8 cm³/mol. The van der Waals surface area contributed by atoms with Crippen molar-refractivity contribution in [2.24, 2.45) is 0 Å². The molecule has 1 nitrogen and oxygen atoms in total. The second kappa shape index (κ2) is 5.40. The fourth-order valence-corrected chi connectivity index (χ4v) is 3.09. The summed E-state index contributed by atoms with van der Waals surface area (Å²) in [5, 5.41) is 1.18. The maximum atomic E-state index is 5.72. The number of furan rings is 1.